The van der Waals surface area contributed by atoms with Crippen molar-refractivity contribution in [3.63, 3.8) is 0 Å². The number of nitrogens with zero attached hydrogens (tertiary/aromatic N) is 1. The molecule has 0 bridgehead atoms. The van der Waals surface area contributed by atoms with Crippen LogP contribution in [0.2, 0.25) is 10.0 Å². The van der Waals surface area contributed by atoms with Gasteiger partial charge in [-0.15, -0.1) is 0 Å². The van der Waals surface area contributed by atoms with Gasteiger partial charge in [0.05, 0.1) is 17.3 Å². The van der Waals surface area contributed by atoms with E-state index < -0.39 is 5.91 Å². The fourth-order valence-electron chi connectivity index (χ4n) is 1.75. The van der Waals surface area contributed by atoms with E-state index in [1.807, 2.05) is 19.1 Å². The Morgan fingerprint density at radius 2 is 1.90 bits per heavy atom. The number of carbonyl (C=O) groups excluding carboxylic acids is 1. The third kappa shape index (κ3) is 3.21. The summed E-state index contributed by atoms with van der Waals surface area (Å²) in [6, 6.07) is 6.89. The number of nitrogens with one attached hydrogen (secondary N) is 1. The zero-order valence-electron chi connectivity index (χ0n) is 10.6. The van der Waals surface area contributed by atoms with Crippen LogP contribution in [0.3, 0.4) is 0 Å². The first-order chi connectivity index (χ1) is 9.49. The highest BCUT2D eigenvalue weighted by atomic mass is 35.5. The second-order valence-electron chi connectivity index (χ2n) is 4.26. The van der Waals surface area contributed by atoms with E-state index in [9.17, 15) is 9.90 Å². The molecule has 1 heterocycles. The molecule has 1 atom stereocenters. The largest absolute Gasteiger partial charge is 0.505 e. The predicted octanol–water partition coefficient (Wildman–Crippen LogP) is 3.59. The molecule has 0 fully saturated rings. The summed E-state index contributed by atoms with van der Waals surface area (Å²) in [6.45, 7) is 1.83. The molecular weight excluding hydrogens is 299 g/mol. The van der Waals surface area contributed by atoms with Gasteiger partial charge in [-0.3, -0.25) is 9.78 Å². The normalized spacial score (nSPS) is 11.9. The lowest BCUT2D eigenvalue weighted by molar-refractivity contribution is 0.0937. The summed E-state index contributed by atoms with van der Waals surface area (Å²) < 4.78 is 0. The number of aromatic nitrogens is 1. The topological polar surface area (TPSA) is 62.2 Å². The molecule has 2 aromatic rings. The molecule has 1 amide bonds. The van der Waals surface area contributed by atoms with Gasteiger partial charge in [0.25, 0.3) is 5.91 Å². The van der Waals surface area contributed by atoms with Gasteiger partial charge in [-0.2, -0.15) is 0 Å². The van der Waals surface area contributed by atoms with E-state index in [-0.39, 0.29) is 22.4 Å². The molecule has 0 saturated carbocycles. The highest BCUT2D eigenvalue weighted by molar-refractivity contribution is 6.34. The lowest BCUT2D eigenvalue weighted by atomic mass is 10.1. The molecule has 0 aliphatic carbocycles. The molecular formula is C14H12Cl2N2O2. The first-order valence-corrected chi connectivity index (χ1v) is 6.63. The molecule has 0 spiro atoms. The fourth-order valence-corrected chi connectivity index (χ4v) is 2.12. The monoisotopic (exact) mass is 310 g/mol. The van der Waals surface area contributed by atoms with E-state index in [0.29, 0.717) is 5.02 Å². The van der Waals surface area contributed by atoms with Gasteiger partial charge in [-0.25, -0.2) is 0 Å². The number of rotatable bonds is 3. The second kappa shape index (κ2) is 6.11. The van der Waals surface area contributed by atoms with Crippen molar-refractivity contribution in [3.8, 4) is 5.75 Å². The summed E-state index contributed by atoms with van der Waals surface area (Å²) in [6.07, 6.45) is 2.48. The second-order valence-corrected chi connectivity index (χ2v) is 5.11. The van der Waals surface area contributed by atoms with E-state index in [2.05, 4.69) is 10.3 Å². The smallest absolute Gasteiger partial charge is 0.257 e. The Balaban J connectivity index is 2.17. The molecule has 4 nitrogen and oxygen atoms in total. The molecule has 20 heavy (non-hydrogen) atoms. The van der Waals surface area contributed by atoms with Gasteiger partial charge < -0.3 is 10.4 Å². The number of hydrogen-bond acceptors (Lipinski definition) is 3. The van der Waals surface area contributed by atoms with Crippen LogP contribution in [0.25, 0.3) is 0 Å². The van der Waals surface area contributed by atoms with Crippen molar-refractivity contribution in [2.24, 2.45) is 0 Å². The maximum Gasteiger partial charge on any atom is 0.257 e. The van der Waals surface area contributed by atoms with Gasteiger partial charge >= 0.3 is 0 Å². The van der Waals surface area contributed by atoms with E-state index in [1.165, 1.54) is 12.4 Å². The van der Waals surface area contributed by atoms with Crippen LogP contribution in [0.1, 0.15) is 28.9 Å². The van der Waals surface area contributed by atoms with E-state index in [0.717, 1.165) is 5.56 Å². The van der Waals surface area contributed by atoms with Gasteiger partial charge in [0.1, 0.15) is 11.3 Å². The van der Waals surface area contributed by atoms with E-state index in [4.69, 9.17) is 23.2 Å². The first kappa shape index (κ1) is 14.6. The van der Waals surface area contributed by atoms with Crippen LogP contribution < -0.4 is 5.32 Å². The molecule has 0 saturated heterocycles. The SMILES string of the molecule is C[C@H](NC(=O)c1c(O)cncc1Cl)c1ccc(Cl)cc1. The summed E-state index contributed by atoms with van der Waals surface area (Å²) in [5.74, 6) is -0.712. The minimum atomic E-state index is -0.461. The molecule has 0 aliphatic rings. The van der Waals surface area contributed by atoms with Crippen LogP contribution in [0.4, 0.5) is 0 Å². The molecule has 0 unspecified atom stereocenters. The molecule has 1 aromatic heterocycles. The Bertz CT molecular complexity index is 609. The van der Waals surface area contributed by atoms with Gasteiger partial charge in [0.15, 0.2) is 0 Å². The van der Waals surface area contributed by atoms with Crippen molar-refractivity contribution < 1.29 is 9.90 Å². The summed E-state index contributed by atoms with van der Waals surface area (Å²) in [5.41, 5.74) is 0.912. The number of halogens is 2. The summed E-state index contributed by atoms with van der Waals surface area (Å²) in [7, 11) is 0. The molecule has 1 aromatic carbocycles. The third-order valence-corrected chi connectivity index (χ3v) is 3.36. The van der Waals surface area contributed by atoms with Gasteiger partial charge in [-0.1, -0.05) is 35.3 Å². The van der Waals surface area contributed by atoms with Crippen LogP contribution in [0, 0.1) is 0 Å². The van der Waals surface area contributed by atoms with Gasteiger partial charge in [-0.05, 0) is 24.6 Å². The minimum absolute atomic E-state index is 0.0162. The molecule has 2 N–H and O–H groups in total. The molecule has 0 radical (unpaired) electrons. The lowest BCUT2D eigenvalue weighted by Gasteiger charge is -2.15. The molecule has 6 heteroatoms. The zero-order chi connectivity index (χ0) is 14.7. The Hall–Kier alpha value is -1.78. The lowest BCUT2D eigenvalue weighted by Crippen LogP contribution is -2.27. The molecule has 2 rings (SSSR count). The van der Waals surface area contributed by atoms with Crippen molar-refractivity contribution in [1.29, 1.82) is 0 Å². The number of carbonyl (C=O) groups is 1. The fraction of sp³-hybridized carbons (Fsp3) is 0.143. The van der Waals surface area contributed by atoms with E-state index in [1.54, 1.807) is 12.1 Å². The van der Waals surface area contributed by atoms with Crippen LogP contribution in [-0.4, -0.2) is 16.0 Å². The third-order valence-electron chi connectivity index (χ3n) is 2.82. The van der Waals surface area contributed by atoms with Gasteiger partial charge in [0, 0.05) is 11.2 Å². The Morgan fingerprint density at radius 3 is 2.50 bits per heavy atom. The van der Waals surface area contributed by atoms with Crippen LogP contribution in [0.5, 0.6) is 5.75 Å². The number of pyridine rings is 1. The number of hydrogen-bond donors (Lipinski definition) is 2. The van der Waals surface area contributed by atoms with Crippen LogP contribution in [0.15, 0.2) is 36.7 Å². The Labute approximate surface area is 126 Å². The standard InChI is InChI=1S/C14H12Cl2N2O2/c1-8(9-2-4-10(15)5-3-9)18-14(20)13-11(16)6-17-7-12(13)19/h2-8,19H,1H3,(H,18,20)/t8-/m0/s1. The molecule has 104 valence electrons. The minimum Gasteiger partial charge on any atom is -0.505 e. The van der Waals surface area contributed by atoms with Crippen molar-refractivity contribution in [3.05, 3.63) is 57.8 Å². The van der Waals surface area contributed by atoms with Crippen molar-refractivity contribution in [2.45, 2.75) is 13.0 Å². The maximum absolute atomic E-state index is 12.1. The van der Waals surface area contributed by atoms with E-state index >= 15 is 0 Å². The van der Waals surface area contributed by atoms with Crippen molar-refractivity contribution in [1.82, 2.24) is 10.3 Å². The van der Waals surface area contributed by atoms with Gasteiger partial charge in [0.2, 0.25) is 0 Å². The average molecular weight is 311 g/mol. The number of benzene rings is 1. The highest BCUT2D eigenvalue weighted by Crippen LogP contribution is 2.24. The summed E-state index contributed by atoms with van der Waals surface area (Å²) in [4.78, 5) is 15.8. The predicted molar refractivity (Wildman–Crippen MR) is 78.2 cm³/mol. The zero-order valence-corrected chi connectivity index (χ0v) is 12.1. The first-order valence-electron chi connectivity index (χ1n) is 5.88. The van der Waals surface area contributed by atoms with Crippen LogP contribution >= 0.6 is 23.2 Å². The summed E-state index contributed by atoms with van der Waals surface area (Å²) >= 11 is 11.7. The Kier molecular flexibility index (Phi) is 4.47. The number of aromatic hydroxyl groups is 1. The number of amides is 1. The quantitative estimate of drug-likeness (QED) is 0.910. The van der Waals surface area contributed by atoms with Crippen molar-refractivity contribution >= 4 is 29.1 Å². The Morgan fingerprint density at radius 1 is 1.25 bits per heavy atom. The maximum atomic E-state index is 12.1. The molecule has 0 aliphatic heterocycles. The van der Waals surface area contributed by atoms with Crippen LogP contribution in [-0.2, 0) is 0 Å². The summed E-state index contributed by atoms with van der Waals surface area (Å²) in [5, 5.41) is 13.1. The average Bonchev–Trinajstić information content (AvgIpc) is 2.39. The van der Waals surface area contributed by atoms with Crippen molar-refractivity contribution in [2.75, 3.05) is 0 Å². The highest BCUT2D eigenvalue weighted by Gasteiger charge is 2.18.